The minimum atomic E-state index is -0.562. The zero-order valence-corrected chi connectivity index (χ0v) is 12.4. The van der Waals surface area contributed by atoms with Gasteiger partial charge in [0.15, 0.2) is 0 Å². The zero-order chi connectivity index (χ0) is 15.4. The highest BCUT2D eigenvalue weighted by atomic mass is 19.1. The summed E-state index contributed by atoms with van der Waals surface area (Å²) in [5, 5.41) is 3.33. The topological polar surface area (TPSA) is 21.3 Å². The Morgan fingerprint density at radius 1 is 0.905 bits per heavy atom. The van der Waals surface area contributed by atoms with Crippen LogP contribution in [0.4, 0.5) is 8.78 Å². The fraction of sp³-hybridized carbons (Fsp3) is 0.294. The first-order chi connectivity index (χ1) is 9.99. The van der Waals surface area contributed by atoms with Gasteiger partial charge in [-0.3, -0.25) is 0 Å². The summed E-state index contributed by atoms with van der Waals surface area (Å²) in [5.74, 6) is -0.342. The molecular weight excluding hydrogens is 272 g/mol. The maximum atomic E-state index is 13.3. The van der Waals surface area contributed by atoms with E-state index in [4.69, 9.17) is 4.74 Å². The number of rotatable bonds is 5. The molecule has 0 bridgehead atoms. The Bertz CT molecular complexity index is 595. The first kappa shape index (κ1) is 15.4. The molecule has 2 aromatic rings. The number of hydrogen-bond acceptors (Lipinski definition) is 2. The number of nitrogens with one attached hydrogen (secondary N) is 1. The number of benzene rings is 2. The maximum absolute atomic E-state index is 13.3. The molecule has 0 aliphatic rings. The molecule has 0 spiro atoms. The molecule has 2 rings (SSSR count). The third-order valence-corrected chi connectivity index (χ3v) is 3.48. The zero-order valence-electron chi connectivity index (χ0n) is 12.4. The van der Waals surface area contributed by atoms with Crippen molar-refractivity contribution >= 4 is 0 Å². The van der Waals surface area contributed by atoms with Gasteiger partial charge < -0.3 is 10.1 Å². The second-order valence-electron chi connectivity index (χ2n) is 5.09. The van der Waals surface area contributed by atoms with E-state index in [1.807, 2.05) is 38.1 Å². The van der Waals surface area contributed by atoms with E-state index in [-0.39, 0.29) is 12.1 Å². The van der Waals surface area contributed by atoms with Gasteiger partial charge in [0.1, 0.15) is 17.4 Å². The second kappa shape index (κ2) is 6.68. The smallest absolute Gasteiger partial charge is 0.126 e. The summed E-state index contributed by atoms with van der Waals surface area (Å²) in [7, 11) is 1.62. The van der Waals surface area contributed by atoms with Crippen LogP contribution in [0.25, 0.3) is 0 Å². The van der Waals surface area contributed by atoms with E-state index in [2.05, 4.69) is 5.32 Å². The van der Waals surface area contributed by atoms with Gasteiger partial charge in [-0.15, -0.1) is 0 Å². The summed E-state index contributed by atoms with van der Waals surface area (Å²) in [4.78, 5) is 0. The molecule has 0 aliphatic heterocycles. The van der Waals surface area contributed by atoms with E-state index in [1.54, 1.807) is 7.11 Å². The Morgan fingerprint density at radius 2 is 1.52 bits per heavy atom. The number of hydrogen-bond donors (Lipinski definition) is 1. The summed E-state index contributed by atoms with van der Waals surface area (Å²) in [6, 6.07) is 11.1. The van der Waals surface area contributed by atoms with E-state index in [9.17, 15) is 8.78 Å². The van der Waals surface area contributed by atoms with Crippen molar-refractivity contribution in [2.75, 3.05) is 7.11 Å². The van der Waals surface area contributed by atoms with Gasteiger partial charge in [-0.25, -0.2) is 8.78 Å². The van der Waals surface area contributed by atoms with Crippen LogP contribution in [-0.4, -0.2) is 7.11 Å². The van der Waals surface area contributed by atoms with Crippen LogP contribution < -0.4 is 10.1 Å². The maximum Gasteiger partial charge on any atom is 0.126 e. The Labute approximate surface area is 123 Å². The molecule has 2 atom stereocenters. The fourth-order valence-electron chi connectivity index (χ4n) is 2.30. The van der Waals surface area contributed by atoms with Gasteiger partial charge in [0, 0.05) is 18.2 Å². The van der Waals surface area contributed by atoms with Gasteiger partial charge >= 0.3 is 0 Å². The fourth-order valence-corrected chi connectivity index (χ4v) is 2.30. The molecule has 2 aromatic carbocycles. The first-order valence-electron chi connectivity index (χ1n) is 6.85. The van der Waals surface area contributed by atoms with Crippen molar-refractivity contribution in [2.24, 2.45) is 0 Å². The number of methoxy groups -OCH3 is 1. The van der Waals surface area contributed by atoms with Crippen LogP contribution in [0.15, 0.2) is 42.5 Å². The average molecular weight is 291 g/mol. The summed E-state index contributed by atoms with van der Waals surface area (Å²) >= 11 is 0. The molecule has 21 heavy (non-hydrogen) atoms. The molecule has 1 unspecified atom stereocenters. The van der Waals surface area contributed by atoms with Crippen molar-refractivity contribution in [3.8, 4) is 5.75 Å². The lowest BCUT2D eigenvalue weighted by Crippen LogP contribution is -2.22. The SMILES string of the molecule is COc1cccc([C@@H](C)NC(C)c2cc(F)cc(F)c2)c1. The summed E-state index contributed by atoms with van der Waals surface area (Å²) < 4.78 is 31.7. The van der Waals surface area contributed by atoms with E-state index >= 15 is 0 Å². The van der Waals surface area contributed by atoms with Crippen LogP contribution in [0, 0.1) is 11.6 Å². The van der Waals surface area contributed by atoms with E-state index < -0.39 is 11.6 Å². The Morgan fingerprint density at radius 3 is 2.14 bits per heavy atom. The van der Waals surface area contributed by atoms with Crippen LogP contribution >= 0.6 is 0 Å². The molecule has 1 N–H and O–H groups in total. The summed E-state index contributed by atoms with van der Waals surface area (Å²) in [6.45, 7) is 3.88. The molecule has 0 heterocycles. The van der Waals surface area contributed by atoms with Crippen LogP contribution in [0.1, 0.15) is 37.1 Å². The standard InChI is InChI=1S/C17H19F2NO/c1-11(13-5-4-6-17(9-13)21-3)20-12(2)14-7-15(18)10-16(19)8-14/h4-12,20H,1-3H3/t11-,12?/m1/s1. The van der Waals surface area contributed by atoms with Gasteiger partial charge in [0.2, 0.25) is 0 Å². The average Bonchev–Trinajstić information content (AvgIpc) is 2.46. The third kappa shape index (κ3) is 4.02. The highest BCUT2D eigenvalue weighted by Crippen LogP contribution is 2.23. The van der Waals surface area contributed by atoms with Crippen LogP contribution in [0.2, 0.25) is 0 Å². The van der Waals surface area contributed by atoms with Crippen molar-refractivity contribution in [3.05, 3.63) is 65.2 Å². The molecule has 0 amide bonds. The molecule has 112 valence electrons. The van der Waals surface area contributed by atoms with Gasteiger partial charge in [-0.2, -0.15) is 0 Å². The van der Waals surface area contributed by atoms with E-state index in [1.165, 1.54) is 12.1 Å². The quantitative estimate of drug-likeness (QED) is 0.882. The number of ether oxygens (including phenoxy) is 1. The molecule has 0 saturated heterocycles. The Kier molecular flexibility index (Phi) is 4.91. The third-order valence-electron chi connectivity index (χ3n) is 3.48. The summed E-state index contributed by atoms with van der Waals surface area (Å²) in [5.41, 5.74) is 1.64. The van der Waals surface area contributed by atoms with Crippen molar-refractivity contribution < 1.29 is 13.5 Å². The van der Waals surface area contributed by atoms with E-state index in [0.29, 0.717) is 5.56 Å². The predicted octanol–water partition coefficient (Wildman–Crippen LogP) is 4.39. The largest absolute Gasteiger partial charge is 0.497 e. The minimum Gasteiger partial charge on any atom is -0.497 e. The number of halogens is 2. The molecule has 0 aromatic heterocycles. The Hall–Kier alpha value is -1.94. The molecule has 0 aliphatic carbocycles. The van der Waals surface area contributed by atoms with Gasteiger partial charge in [0.05, 0.1) is 7.11 Å². The minimum absolute atomic E-state index is 0.0291. The van der Waals surface area contributed by atoms with Crippen LogP contribution in [0.5, 0.6) is 5.75 Å². The lowest BCUT2D eigenvalue weighted by atomic mass is 10.0. The van der Waals surface area contributed by atoms with Crippen LogP contribution in [-0.2, 0) is 0 Å². The lowest BCUT2D eigenvalue weighted by molar-refractivity contribution is 0.412. The van der Waals surface area contributed by atoms with Gasteiger partial charge in [-0.1, -0.05) is 12.1 Å². The Balaban J connectivity index is 2.12. The van der Waals surface area contributed by atoms with Gasteiger partial charge in [-0.05, 0) is 49.2 Å². The molecule has 0 radical (unpaired) electrons. The molecule has 4 heteroatoms. The predicted molar refractivity (Wildman–Crippen MR) is 79.3 cm³/mol. The first-order valence-corrected chi connectivity index (χ1v) is 6.85. The van der Waals surface area contributed by atoms with E-state index in [0.717, 1.165) is 17.4 Å². The van der Waals surface area contributed by atoms with Crippen molar-refractivity contribution in [2.45, 2.75) is 25.9 Å². The molecule has 2 nitrogen and oxygen atoms in total. The second-order valence-corrected chi connectivity index (χ2v) is 5.09. The highest BCUT2D eigenvalue weighted by Gasteiger charge is 2.13. The van der Waals surface area contributed by atoms with Crippen LogP contribution in [0.3, 0.4) is 0 Å². The monoisotopic (exact) mass is 291 g/mol. The van der Waals surface area contributed by atoms with Crippen molar-refractivity contribution in [1.29, 1.82) is 0 Å². The lowest BCUT2D eigenvalue weighted by Gasteiger charge is -2.21. The van der Waals surface area contributed by atoms with Crippen molar-refractivity contribution in [3.63, 3.8) is 0 Å². The molecule has 0 saturated carbocycles. The molecular formula is C17H19F2NO. The molecule has 0 fully saturated rings. The highest BCUT2D eigenvalue weighted by molar-refractivity contribution is 5.30. The van der Waals surface area contributed by atoms with Gasteiger partial charge in [0.25, 0.3) is 0 Å². The van der Waals surface area contributed by atoms with Crippen molar-refractivity contribution in [1.82, 2.24) is 5.32 Å². The summed E-state index contributed by atoms with van der Waals surface area (Å²) in [6.07, 6.45) is 0. The normalized spacial score (nSPS) is 13.8.